The summed E-state index contributed by atoms with van der Waals surface area (Å²) in [5.41, 5.74) is 0. The van der Waals surface area contributed by atoms with E-state index in [1.807, 2.05) is 6.92 Å². The third kappa shape index (κ3) is 5.82. The minimum Gasteiger partial charge on any atom is -0.461 e. The molecule has 1 N–H and O–H groups in total. The van der Waals surface area contributed by atoms with Crippen LogP contribution in [0.15, 0.2) is 0 Å². The average molecular weight is 162 g/mol. The van der Waals surface area contributed by atoms with Gasteiger partial charge in [0.15, 0.2) is 0 Å². The van der Waals surface area contributed by atoms with Gasteiger partial charge in [-0.2, -0.15) is 0 Å². The first-order valence-electron chi connectivity index (χ1n) is 3.61. The maximum absolute atomic E-state index is 10.6. The topological polar surface area (TPSA) is 55.8 Å². The van der Waals surface area contributed by atoms with Crippen LogP contribution >= 0.6 is 0 Å². The van der Waals surface area contributed by atoms with Gasteiger partial charge in [-0.05, 0) is 13.8 Å². The van der Waals surface area contributed by atoms with E-state index in [4.69, 9.17) is 9.84 Å². The lowest BCUT2D eigenvalue weighted by molar-refractivity contribution is -0.153. The molecule has 0 spiro atoms. The van der Waals surface area contributed by atoms with E-state index in [1.54, 1.807) is 0 Å². The first-order valence-corrected chi connectivity index (χ1v) is 3.61. The predicted octanol–water partition coefficient (Wildman–Crippen LogP) is -0.0531. The van der Waals surface area contributed by atoms with Gasteiger partial charge in [0.05, 0.1) is 6.61 Å². The molecule has 0 heterocycles. The van der Waals surface area contributed by atoms with Crippen LogP contribution in [0, 0.1) is 0 Å². The molecule has 11 heavy (non-hydrogen) atoms. The highest BCUT2D eigenvalue weighted by atomic mass is 16.6. The number of carbonyl (C=O) groups is 1. The summed E-state index contributed by atoms with van der Waals surface area (Å²) in [4.78, 5) is 10.6. The lowest BCUT2D eigenvalue weighted by Gasteiger charge is -2.05. The maximum Gasteiger partial charge on any atom is 0.334 e. The monoisotopic (exact) mass is 162 g/mol. The van der Waals surface area contributed by atoms with Crippen molar-refractivity contribution < 1.29 is 19.4 Å². The SMILES string of the molecule is CCOCCOC(=O)C(C)O. The van der Waals surface area contributed by atoms with E-state index in [-0.39, 0.29) is 6.61 Å². The van der Waals surface area contributed by atoms with E-state index in [0.29, 0.717) is 13.2 Å². The lowest BCUT2D eigenvalue weighted by Crippen LogP contribution is -2.21. The summed E-state index contributed by atoms with van der Waals surface area (Å²) < 4.78 is 9.50. The minimum absolute atomic E-state index is 0.206. The Hall–Kier alpha value is -0.610. The zero-order chi connectivity index (χ0) is 8.69. The molecular weight excluding hydrogens is 148 g/mol. The Labute approximate surface area is 66.1 Å². The Morgan fingerprint density at radius 2 is 2.18 bits per heavy atom. The summed E-state index contributed by atoms with van der Waals surface area (Å²) >= 11 is 0. The summed E-state index contributed by atoms with van der Waals surface area (Å²) in [7, 11) is 0. The van der Waals surface area contributed by atoms with Crippen molar-refractivity contribution in [1.29, 1.82) is 0 Å². The molecule has 0 amide bonds. The van der Waals surface area contributed by atoms with Gasteiger partial charge in [0.1, 0.15) is 12.7 Å². The highest BCUT2D eigenvalue weighted by Crippen LogP contribution is 1.86. The molecule has 0 aliphatic carbocycles. The predicted molar refractivity (Wildman–Crippen MR) is 39.1 cm³/mol. The molecule has 1 atom stereocenters. The molecule has 0 fully saturated rings. The Morgan fingerprint density at radius 1 is 1.55 bits per heavy atom. The minimum atomic E-state index is -1.04. The number of aliphatic hydroxyl groups is 1. The van der Waals surface area contributed by atoms with E-state index in [0.717, 1.165) is 0 Å². The fraction of sp³-hybridized carbons (Fsp3) is 0.857. The van der Waals surface area contributed by atoms with Gasteiger partial charge in [-0.1, -0.05) is 0 Å². The van der Waals surface area contributed by atoms with Gasteiger partial charge in [-0.15, -0.1) is 0 Å². The van der Waals surface area contributed by atoms with E-state index in [1.165, 1.54) is 6.92 Å². The second-order valence-corrected chi connectivity index (χ2v) is 2.04. The van der Waals surface area contributed by atoms with Crippen molar-refractivity contribution >= 4 is 5.97 Å². The molecule has 0 aromatic heterocycles. The normalized spacial score (nSPS) is 12.6. The summed E-state index contributed by atoms with van der Waals surface area (Å²) in [6.07, 6.45) is -1.04. The van der Waals surface area contributed by atoms with Crippen LogP contribution in [-0.2, 0) is 14.3 Å². The van der Waals surface area contributed by atoms with E-state index >= 15 is 0 Å². The summed E-state index contributed by atoms with van der Waals surface area (Å²) in [5.74, 6) is -0.607. The van der Waals surface area contributed by atoms with Crippen LogP contribution in [0.3, 0.4) is 0 Å². The van der Waals surface area contributed by atoms with Gasteiger partial charge in [0.25, 0.3) is 0 Å². The number of ether oxygens (including phenoxy) is 2. The molecule has 0 aliphatic heterocycles. The van der Waals surface area contributed by atoms with Crippen molar-refractivity contribution in [2.24, 2.45) is 0 Å². The fourth-order valence-electron chi connectivity index (χ4n) is 0.466. The van der Waals surface area contributed by atoms with E-state index in [9.17, 15) is 4.79 Å². The second-order valence-electron chi connectivity index (χ2n) is 2.04. The number of carbonyl (C=O) groups excluding carboxylic acids is 1. The molecule has 0 rings (SSSR count). The number of hydrogen-bond acceptors (Lipinski definition) is 4. The van der Waals surface area contributed by atoms with E-state index < -0.39 is 12.1 Å². The molecule has 0 bridgehead atoms. The summed E-state index contributed by atoms with van der Waals surface area (Å²) in [6, 6.07) is 0. The molecule has 66 valence electrons. The van der Waals surface area contributed by atoms with Crippen LogP contribution in [-0.4, -0.2) is 37.0 Å². The zero-order valence-electron chi connectivity index (χ0n) is 6.87. The molecule has 4 heteroatoms. The zero-order valence-corrected chi connectivity index (χ0v) is 6.87. The first-order chi connectivity index (χ1) is 5.18. The molecule has 1 unspecified atom stereocenters. The Balaban J connectivity index is 3.18. The molecule has 0 saturated heterocycles. The summed E-state index contributed by atoms with van der Waals surface area (Å²) in [6.45, 7) is 4.41. The number of hydrogen-bond donors (Lipinski definition) is 1. The Bertz CT molecular complexity index is 111. The molecule has 0 aromatic rings. The van der Waals surface area contributed by atoms with Crippen LogP contribution in [0.25, 0.3) is 0 Å². The van der Waals surface area contributed by atoms with Crippen molar-refractivity contribution in [3.05, 3.63) is 0 Å². The van der Waals surface area contributed by atoms with Crippen molar-refractivity contribution in [2.45, 2.75) is 20.0 Å². The summed E-state index contributed by atoms with van der Waals surface area (Å²) in [5, 5.41) is 8.66. The maximum atomic E-state index is 10.6. The average Bonchev–Trinajstić information content (AvgIpc) is 1.97. The first kappa shape index (κ1) is 10.4. The van der Waals surface area contributed by atoms with E-state index in [2.05, 4.69) is 4.74 Å². The molecular formula is C7H14O4. The van der Waals surface area contributed by atoms with Crippen LogP contribution in [0.2, 0.25) is 0 Å². The third-order valence-corrected chi connectivity index (χ3v) is 1.02. The molecule has 0 aliphatic rings. The molecule has 0 radical (unpaired) electrons. The quantitative estimate of drug-likeness (QED) is 0.454. The van der Waals surface area contributed by atoms with Gasteiger partial charge in [-0.3, -0.25) is 0 Å². The van der Waals surface area contributed by atoms with Gasteiger partial charge < -0.3 is 14.6 Å². The van der Waals surface area contributed by atoms with Crippen LogP contribution in [0.1, 0.15) is 13.8 Å². The van der Waals surface area contributed by atoms with Crippen LogP contribution in [0.5, 0.6) is 0 Å². The number of aliphatic hydroxyl groups excluding tert-OH is 1. The van der Waals surface area contributed by atoms with Crippen molar-refractivity contribution in [3.8, 4) is 0 Å². The van der Waals surface area contributed by atoms with Crippen molar-refractivity contribution in [2.75, 3.05) is 19.8 Å². The lowest BCUT2D eigenvalue weighted by atomic mass is 10.4. The Morgan fingerprint density at radius 3 is 2.64 bits per heavy atom. The highest BCUT2D eigenvalue weighted by molar-refractivity contribution is 5.73. The number of esters is 1. The number of rotatable bonds is 5. The fourth-order valence-corrected chi connectivity index (χ4v) is 0.466. The smallest absolute Gasteiger partial charge is 0.334 e. The highest BCUT2D eigenvalue weighted by Gasteiger charge is 2.08. The van der Waals surface area contributed by atoms with Gasteiger partial charge in [0, 0.05) is 6.61 Å². The van der Waals surface area contributed by atoms with Gasteiger partial charge >= 0.3 is 5.97 Å². The van der Waals surface area contributed by atoms with Gasteiger partial charge in [-0.25, -0.2) is 4.79 Å². The molecule has 0 aromatic carbocycles. The standard InChI is InChI=1S/C7H14O4/c1-3-10-4-5-11-7(9)6(2)8/h6,8H,3-5H2,1-2H3. The largest absolute Gasteiger partial charge is 0.461 e. The van der Waals surface area contributed by atoms with Crippen LogP contribution in [0.4, 0.5) is 0 Å². The van der Waals surface area contributed by atoms with Crippen molar-refractivity contribution in [1.82, 2.24) is 0 Å². The van der Waals surface area contributed by atoms with Crippen LogP contribution < -0.4 is 0 Å². The Kier molecular flexibility index (Phi) is 5.78. The molecule has 4 nitrogen and oxygen atoms in total. The van der Waals surface area contributed by atoms with Crippen molar-refractivity contribution in [3.63, 3.8) is 0 Å². The van der Waals surface area contributed by atoms with Gasteiger partial charge in [0.2, 0.25) is 0 Å². The molecule has 0 saturated carbocycles. The third-order valence-electron chi connectivity index (χ3n) is 1.02. The second kappa shape index (κ2) is 6.12.